The Bertz CT molecular complexity index is 580. The summed E-state index contributed by atoms with van der Waals surface area (Å²) in [5, 5.41) is 13.0. The first kappa shape index (κ1) is 12.4. The van der Waals surface area contributed by atoms with Gasteiger partial charge in [-0.25, -0.2) is 4.98 Å². The second kappa shape index (κ2) is 5.05. The topological polar surface area (TPSA) is 88.2 Å². The van der Waals surface area contributed by atoms with Crippen LogP contribution >= 0.6 is 11.3 Å². The number of hydrogen-bond acceptors (Lipinski definition) is 5. The third kappa shape index (κ3) is 2.78. The minimum atomic E-state index is -0.311. The number of phenolic OH excluding ortho intramolecular Hbond substituents is 1. The van der Waals surface area contributed by atoms with Gasteiger partial charge in [0.15, 0.2) is 0 Å². The number of anilines is 1. The number of nitrogen functional groups attached to an aromatic ring is 1. The van der Waals surface area contributed by atoms with Crippen LogP contribution in [0.1, 0.15) is 20.2 Å². The van der Waals surface area contributed by atoms with Crippen molar-refractivity contribution < 1.29 is 9.90 Å². The minimum Gasteiger partial charge on any atom is -0.508 e. The van der Waals surface area contributed by atoms with Crippen LogP contribution in [0.25, 0.3) is 0 Å². The van der Waals surface area contributed by atoms with E-state index in [1.807, 2.05) is 6.92 Å². The Balaban J connectivity index is 2.05. The third-order valence-electron chi connectivity index (χ3n) is 2.37. The Morgan fingerprint density at radius 2 is 2.33 bits per heavy atom. The van der Waals surface area contributed by atoms with E-state index in [4.69, 9.17) is 5.73 Å². The third-order valence-corrected chi connectivity index (χ3v) is 3.29. The number of nitrogens with one attached hydrogen (secondary N) is 1. The zero-order valence-electron chi connectivity index (χ0n) is 9.80. The highest BCUT2D eigenvalue weighted by Gasteiger charge is 2.10. The van der Waals surface area contributed by atoms with Gasteiger partial charge in [-0.2, -0.15) is 0 Å². The molecule has 0 aliphatic heterocycles. The lowest BCUT2D eigenvalue weighted by Gasteiger charge is -2.06. The van der Waals surface area contributed by atoms with Gasteiger partial charge in [-0.1, -0.05) is 0 Å². The second-order valence-electron chi connectivity index (χ2n) is 3.80. The van der Waals surface area contributed by atoms with E-state index in [0.29, 0.717) is 12.2 Å². The number of aromatic nitrogens is 1. The highest BCUT2D eigenvalue weighted by atomic mass is 32.1. The average Bonchev–Trinajstić information content (AvgIpc) is 2.75. The van der Waals surface area contributed by atoms with E-state index in [0.717, 1.165) is 9.88 Å². The van der Waals surface area contributed by atoms with Gasteiger partial charge in [-0.3, -0.25) is 4.79 Å². The summed E-state index contributed by atoms with van der Waals surface area (Å²) in [4.78, 5) is 17.0. The molecule has 0 aliphatic carbocycles. The predicted molar refractivity (Wildman–Crippen MR) is 70.5 cm³/mol. The maximum atomic E-state index is 11.9. The van der Waals surface area contributed by atoms with Crippen molar-refractivity contribution >= 4 is 22.9 Å². The maximum absolute atomic E-state index is 11.9. The van der Waals surface area contributed by atoms with Crippen LogP contribution in [0, 0.1) is 6.92 Å². The summed E-state index contributed by atoms with van der Waals surface area (Å²) in [7, 11) is 0. The molecule has 2 aromatic rings. The number of benzene rings is 1. The number of rotatable bonds is 3. The highest BCUT2D eigenvalue weighted by molar-refractivity contribution is 7.11. The quantitative estimate of drug-likeness (QED) is 0.580. The molecule has 6 heteroatoms. The zero-order valence-corrected chi connectivity index (χ0v) is 10.6. The molecule has 0 spiro atoms. The number of amides is 1. The predicted octanol–water partition coefficient (Wildman–Crippen LogP) is 1.67. The van der Waals surface area contributed by atoms with Crippen LogP contribution in [-0.4, -0.2) is 16.0 Å². The molecule has 0 fully saturated rings. The first-order valence-electron chi connectivity index (χ1n) is 5.34. The Hall–Kier alpha value is -2.08. The number of hydrogen-bond donors (Lipinski definition) is 3. The summed E-state index contributed by atoms with van der Waals surface area (Å²) in [6.45, 7) is 2.31. The van der Waals surface area contributed by atoms with Crippen LogP contribution in [0.3, 0.4) is 0 Å². The second-order valence-corrected chi connectivity index (χ2v) is 5.12. The Kier molecular flexibility index (Phi) is 3.47. The van der Waals surface area contributed by atoms with Crippen LogP contribution in [0.15, 0.2) is 24.4 Å². The molecule has 1 heterocycles. The molecular weight excluding hydrogens is 250 g/mol. The number of nitrogens with zero attached hydrogens (tertiary/aromatic N) is 1. The molecule has 2 rings (SSSR count). The molecule has 4 N–H and O–H groups in total. The lowest BCUT2D eigenvalue weighted by atomic mass is 10.1. The molecule has 5 nitrogen and oxygen atoms in total. The van der Waals surface area contributed by atoms with Crippen LogP contribution in [0.4, 0.5) is 5.69 Å². The summed E-state index contributed by atoms with van der Waals surface area (Å²) in [6.07, 6.45) is 1.73. The fraction of sp³-hybridized carbons (Fsp3) is 0.167. The summed E-state index contributed by atoms with van der Waals surface area (Å²) >= 11 is 1.53. The van der Waals surface area contributed by atoms with Crippen molar-refractivity contribution in [2.75, 3.05) is 5.73 Å². The van der Waals surface area contributed by atoms with Gasteiger partial charge in [0, 0.05) is 16.8 Å². The number of thiazole rings is 1. The monoisotopic (exact) mass is 263 g/mol. The van der Waals surface area contributed by atoms with Gasteiger partial charge >= 0.3 is 0 Å². The van der Waals surface area contributed by atoms with Crippen LogP contribution in [-0.2, 0) is 6.54 Å². The number of carbonyl (C=O) groups is 1. The summed E-state index contributed by atoms with van der Waals surface area (Å²) in [5.74, 6) is -0.294. The van der Waals surface area contributed by atoms with Crippen LogP contribution < -0.4 is 11.1 Å². The van der Waals surface area contributed by atoms with E-state index >= 15 is 0 Å². The molecule has 94 valence electrons. The van der Waals surface area contributed by atoms with Gasteiger partial charge < -0.3 is 16.2 Å². The number of aromatic hydroxyl groups is 1. The zero-order chi connectivity index (χ0) is 13.1. The summed E-state index contributed by atoms with van der Waals surface area (Å²) in [6, 6.07) is 4.29. The molecular formula is C12H13N3O2S. The van der Waals surface area contributed by atoms with Gasteiger partial charge in [-0.05, 0) is 25.1 Å². The Morgan fingerprint density at radius 3 is 3.00 bits per heavy atom. The van der Waals surface area contributed by atoms with Crippen molar-refractivity contribution in [3.63, 3.8) is 0 Å². The molecule has 0 saturated heterocycles. The molecule has 0 bridgehead atoms. The molecule has 0 radical (unpaired) electrons. The van der Waals surface area contributed by atoms with Crippen molar-refractivity contribution in [1.29, 1.82) is 0 Å². The van der Waals surface area contributed by atoms with Gasteiger partial charge in [-0.15, -0.1) is 11.3 Å². The number of nitrogens with two attached hydrogens (primary N) is 1. The first-order valence-corrected chi connectivity index (χ1v) is 6.16. The molecule has 1 aromatic carbocycles. The molecule has 1 aromatic heterocycles. The van der Waals surface area contributed by atoms with E-state index in [2.05, 4.69) is 10.3 Å². The van der Waals surface area contributed by atoms with E-state index in [9.17, 15) is 9.90 Å². The molecule has 0 unspecified atom stereocenters. The van der Waals surface area contributed by atoms with Crippen LogP contribution in [0.5, 0.6) is 5.75 Å². The lowest BCUT2D eigenvalue weighted by molar-refractivity contribution is 0.0952. The Labute approximate surface area is 108 Å². The Morgan fingerprint density at radius 1 is 1.56 bits per heavy atom. The van der Waals surface area contributed by atoms with Gasteiger partial charge in [0.25, 0.3) is 5.91 Å². The number of carbonyl (C=O) groups excluding carboxylic acids is 1. The minimum absolute atomic E-state index is 0.0167. The number of aryl methyl sites for hydroxylation is 1. The molecule has 0 aliphatic rings. The fourth-order valence-corrected chi connectivity index (χ4v) is 2.23. The fourth-order valence-electron chi connectivity index (χ4n) is 1.49. The van der Waals surface area contributed by atoms with E-state index in [1.165, 1.54) is 29.5 Å². The largest absolute Gasteiger partial charge is 0.508 e. The highest BCUT2D eigenvalue weighted by Crippen LogP contribution is 2.18. The van der Waals surface area contributed by atoms with E-state index < -0.39 is 0 Å². The maximum Gasteiger partial charge on any atom is 0.253 e. The molecule has 1 amide bonds. The first-order chi connectivity index (χ1) is 8.56. The normalized spacial score (nSPS) is 10.3. The van der Waals surface area contributed by atoms with Gasteiger partial charge in [0.1, 0.15) is 5.75 Å². The molecule has 0 atom stereocenters. The SMILES string of the molecule is Cc1ncc(CNC(=O)c2cc(O)ccc2N)s1. The van der Waals surface area contributed by atoms with Crippen LogP contribution in [0.2, 0.25) is 0 Å². The van der Waals surface area contributed by atoms with Crippen molar-refractivity contribution in [2.45, 2.75) is 13.5 Å². The standard InChI is InChI=1S/C12H13N3O2S/c1-7-14-5-9(18-7)6-15-12(17)10-4-8(16)2-3-11(10)13/h2-5,16H,6,13H2,1H3,(H,15,17). The number of phenols is 1. The summed E-state index contributed by atoms with van der Waals surface area (Å²) in [5.41, 5.74) is 6.29. The molecule has 0 saturated carbocycles. The smallest absolute Gasteiger partial charge is 0.253 e. The van der Waals surface area contributed by atoms with Crippen molar-refractivity contribution in [1.82, 2.24) is 10.3 Å². The van der Waals surface area contributed by atoms with E-state index in [1.54, 1.807) is 6.20 Å². The lowest BCUT2D eigenvalue weighted by Crippen LogP contribution is -2.23. The van der Waals surface area contributed by atoms with Gasteiger partial charge in [0.05, 0.1) is 17.1 Å². The van der Waals surface area contributed by atoms with Crippen molar-refractivity contribution in [3.05, 3.63) is 39.8 Å². The van der Waals surface area contributed by atoms with E-state index in [-0.39, 0.29) is 17.2 Å². The van der Waals surface area contributed by atoms with Crippen molar-refractivity contribution in [2.24, 2.45) is 0 Å². The average molecular weight is 263 g/mol. The van der Waals surface area contributed by atoms with Gasteiger partial charge in [0.2, 0.25) is 0 Å². The van der Waals surface area contributed by atoms with Crippen molar-refractivity contribution in [3.8, 4) is 5.75 Å². The summed E-state index contributed by atoms with van der Waals surface area (Å²) < 4.78 is 0. The molecule has 18 heavy (non-hydrogen) atoms.